The van der Waals surface area contributed by atoms with E-state index >= 15 is 0 Å². The molecule has 1 saturated carbocycles. The van der Waals surface area contributed by atoms with Gasteiger partial charge in [-0.15, -0.1) is 0 Å². The minimum absolute atomic E-state index is 0.207. The number of carboxylic acid groups (broad SMARTS) is 1. The molecule has 2 N–H and O–H groups in total. The third kappa shape index (κ3) is 4.68. The van der Waals surface area contributed by atoms with Gasteiger partial charge in [0.25, 0.3) is 0 Å². The number of carbonyl (C=O) groups is 1. The van der Waals surface area contributed by atoms with Crippen LogP contribution >= 0.6 is 0 Å². The molecule has 3 atom stereocenters. The van der Waals surface area contributed by atoms with Crippen LogP contribution in [-0.4, -0.2) is 47.2 Å². The van der Waals surface area contributed by atoms with Crippen molar-refractivity contribution in [2.45, 2.75) is 83.8 Å². The molecule has 0 aliphatic heterocycles. The van der Waals surface area contributed by atoms with Crippen molar-refractivity contribution in [3.63, 3.8) is 0 Å². The fraction of sp³-hybridized carbons (Fsp3) is 0.941. The third-order valence-corrected chi connectivity index (χ3v) is 5.04. The predicted molar refractivity (Wildman–Crippen MR) is 87.6 cm³/mol. The molecule has 4 nitrogen and oxygen atoms in total. The second-order valence-electron chi connectivity index (χ2n) is 7.07. The van der Waals surface area contributed by atoms with Crippen LogP contribution in [0, 0.1) is 5.92 Å². The number of rotatable bonds is 9. The number of hydrogen-bond donors (Lipinski definition) is 2. The fourth-order valence-electron chi connectivity index (χ4n) is 3.74. The lowest BCUT2D eigenvalue weighted by Crippen LogP contribution is -2.57. The van der Waals surface area contributed by atoms with Crippen molar-refractivity contribution >= 4 is 5.97 Å². The topological polar surface area (TPSA) is 52.6 Å². The number of nitrogens with one attached hydrogen (secondary N) is 1. The molecule has 0 aromatic heterocycles. The lowest BCUT2D eigenvalue weighted by molar-refractivity contribution is -0.147. The predicted octanol–water partition coefficient (Wildman–Crippen LogP) is 3.12. The van der Waals surface area contributed by atoms with Gasteiger partial charge in [0.2, 0.25) is 0 Å². The van der Waals surface area contributed by atoms with E-state index in [2.05, 4.69) is 31.1 Å². The van der Waals surface area contributed by atoms with Crippen molar-refractivity contribution in [2.24, 2.45) is 5.92 Å². The highest BCUT2D eigenvalue weighted by Crippen LogP contribution is 2.38. The largest absolute Gasteiger partial charge is 0.480 e. The van der Waals surface area contributed by atoms with Crippen LogP contribution in [0.1, 0.15) is 66.2 Å². The fourth-order valence-corrected chi connectivity index (χ4v) is 3.74. The SMILES string of the molecule is CCCC(C)N(C)CCC1CCCC1(NC(C)C)C(=O)O. The van der Waals surface area contributed by atoms with E-state index in [0.29, 0.717) is 6.04 Å². The van der Waals surface area contributed by atoms with Crippen molar-refractivity contribution in [3.05, 3.63) is 0 Å². The van der Waals surface area contributed by atoms with Crippen LogP contribution in [0.25, 0.3) is 0 Å². The minimum Gasteiger partial charge on any atom is -0.480 e. The summed E-state index contributed by atoms with van der Waals surface area (Å²) in [7, 11) is 2.16. The van der Waals surface area contributed by atoms with Gasteiger partial charge in [0.05, 0.1) is 0 Å². The molecule has 0 bridgehead atoms. The quantitative estimate of drug-likeness (QED) is 0.687. The summed E-state index contributed by atoms with van der Waals surface area (Å²) in [4.78, 5) is 14.3. The van der Waals surface area contributed by atoms with Crippen LogP contribution in [0.15, 0.2) is 0 Å². The Morgan fingerprint density at radius 1 is 1.43 bits per heavy atom. The van der Waals surface area contributed by atoms with E-state index in [4.69, 9.17) is 0 Å². The maximum Gasteiger partial charge on any atom is 0.324 e. The Morgan fingerprint density at radius 2 is 2.10 bits per heavy atom. The summed E-state index contributed by atoms with van der Waals surface area (Å²) < 4.78 is 0. The lowest BCUT2D eigenvalue weighted by atomic mass is 9.83. The van der Waals surface area contributed by atoms with Gasteiger partial charge in [-0.3, -0.25) is 10.1 Å². The van der Waals surface area contributed by atoms with E-state index < -0.39 is 11.5 Å². The summed E-state index contributed by atoms with van der Waals surface area (Å²) in [6, 6.07) is 0.784. The summed E-state index contributed by atoms with van der Waals surface area (Å²) >= 11 is 0. The van der Waals surface area contributed by atoms with Crippen molar-refractivity contribution < 1.29 is 9.90 Å². The van der Waals surface area contributed by atoms with Crippen LogP contribution < -0.4 is 5.32 Å². The van der Waals surface area contributed by atoms with Gasteiger partial charge in [-0.2, -0.15) is 0 Å². The zero-order valence-electron chi connectivity index (χ0n) is 14.5. The van der Waals surface area contributed by atoms with Crippen molar-refractivity contribution in [1.29, 1.82) is 0 Å². The molecule has 1 fully saturated rings. The lowest BCUT2D eigenvalue weighted by Gasteiger charge is -2.36. The molecule has 0 saturated heterocycles. The smallest absolute Gasteiger partial charge is 0.324 e. The Bertz CT molecular complexity index is 333. The maximum atomic E-state index is 11.9. The zero-order valence-corrected chi connectivity index (χ0v) is 14.5. The van der Waals surface area contributed by atoms with Crippen molar-refractivity contribution in [3.8, 4) is 0 Å². The van der Waals surface area contributed by atoms with E-state index in [9.17, 15) is 9.90 Å². The summed E-state index contributed by atoms with van der Waals surface area (Å²) in [6.07, 6.45) is 6.18. The van der Waals surface area contributed by atoms with Crippen molar-refractivity contribution in [2.75, 3.05) is 13.6 Å². The zero-order chi connectivity index (χ0) is 16.0. The standard InChI is InChI=1S/C17H34N2O2/c1-6-8-14(4)19(5)12-10-15-9-7-11-17(15,16(20)21)18-13(2)3/h13-15,18H,6-12H2,1-5H3,(H,20,21). The molecule has 124 valence electrons. The first-order valence-electron chi connectivity index (χ1n) is 8.54. The van der Waals surface area contributed by atoms with Gasteiger partial charge in [-0.05, 0) is 66.0 Å². The highest BCUT2D eigenvalue weighted by Gasteiger charge is 2.49. The molecule has 0 amide bonds. The van der Waals surface area contributed by atoms with Gasteiger partial charge >= 0.3 is 5.97 Å². The molecular weight excluding hydrogens is 264 g/mol. The first kappa shape index (κ1) is 18.4. The molecule has 21 heavy (non-hydrogen) atoms. The molecule has 0 spiro atoms. The van der Waals surface area contributed by atoms with E-state index in [1.165, 1.54) is 12.8 Å². The number of nitrogens with zero attached hydrogens (tertiary/aromatic N) is 1. The van der Waals surface area contributed by atoms with E-state index in [0.717, 1.165) is 32.2 Å². The van der Waals surface area contributed by atoms with Crippen molar-refractivity contribution in [1.82, 2.24) is 10.2 Å². The van der Waals surface area contributed by atoms with Gasteiger partial charge < -0.3 is 10.0 Å². The van der Waals surface area contributed by atoms with E-state index in [1.807, 2.05) is 13.8 Å². The molecule has 0 aromatic carbocycles. The Balaban J connectivity index is 2.65. The average Bonchev–Trinajstić information content (AvgIpc) is 2.79. The Labute approximate surface area is 130 Å². The Hall–Kier alpha value is -0.610. The van der Waals surface area contributed by atoms with E-state index in [-0.39, 0.29) is 12.0 Å². The first-order valence-corrected chi connectivity index (χ1v) is 8.54. The minimum atomic E-state index is -0.705. The average molecular weight is 298 g/mol. The molecule has 0 radical (unpaired) electrons. The van der Waals surface area contributed by atoms with Gasteiger partial charge in [0.15, 0.2) is 0 Å². The summed E-state index contributed by atoms with van der Waals surface area (Å²) in [5.74, 6) is -0.420. The number of carboxylic acids is 1. The summed E-state index contributed by atoms with van der Waals surface area (Å²) in [5.41, 5.74) is -0.705. The maximum absolute atomic E-state index is 11.9. The van der Waals surface area contributed by atoms with Gasteiger partial charge in [0.1, 0.15) is 5.54 Å². The summed E-state index contributed by atoms with van der Waals surface area (Å²) in [6.45, 7) is 9.53. The van der Waals surface area contributed by atoms with Gasteiger partial charge in [-0.25, -0.2) is 0 Å². The second kappa shape index (κ2) is 8.14. The van der Waals surface area contributed by atoms with Crippen LogP contribution in [0.3, 0.4) is 0 Å². The molecule has 1 rings (SSSR count). The number of aliphatic carboxylic acids is 1. The monoisotopic (exact) mass is 298 g/mol. The second-order valence-corrected chi connectivity index (χ2v) is 7.07. The highest BCUT2D eigenvalue weighted by atomic mass is 16.4. The normalized spacial score (nSPS) is 27.5. The Kier molecular flexibility index (Phi) is 7.14. The molecule has 0 aromatic rings. The van der Waals surface area contributed by atoms with Gasteiger partial charge in [-0.1, -0.05) is 19.8 Å². The van der Waals surface area contributed by atoms with Crippen LogP contribution in [0.5, 0.6) is 0 Å². The molecule has 4 heteroatoms. The molecule has 1 aliphatic carbocycles. The third-order valence-electron chi connectivity index (χ3n) is 5.04. The summed E-state index contributed by atoms with van der Waals surface area (Å²) in [5, 5.41) is 13.1. The Morgan fingerprint density at radius 3 is 2.62 bits per heavy atom. The van der Waals surface area contributed by atoms with Crippen LogP contribution in [-0.2, 0) is 4.79 Å². The molecular formula is C17H34N2O2. The van der Waals surface area contributed by atoms with E-state index in [1.54, 1.807) is 0 Å². The van der Waals surface area contributed by atoms with Crippen LogP contribution in [0.2, 0.25) is 0 Å². The van der Waals surface area contributed by atoms with Crippen LogP contribution in [0.4, 0.5) is 0 Å². The molecule has 3 unspecified atom stereocenters. The first-order chi connectivity index (χ1) is 9.83. The molecule has 1 aliphatic rings. The number of hydrogen-bond acceptors (Lipinski definition) is 3. The molecule has 0 heterocycles. The van der Waals surface area contributed by atoms with Gasteiger partial charge in [0, 0.05) is 12.1 Å². The highest BCUT2D eigenvalue weighted by molar-refractivity contribution is 5.79.